The summed E-state index contributed by atoms with van der Waals surface area (Å²) in [6.07, 6.45) is 0.770. The van der Waals surface area contributed by atoms with Crippen LogP contribution >= 0.6 is 0 Å². The molecule has 3 aromatic rings. The summed E-state index contributed by atoms with van der Waals surface area (Å²) >= 11 is 0. The Kier molecular flexibility index (Phi) is 2.33. The molecule has 1 fully saturated rings. The molecule has 116 valence electrons. The molecule has 2 heteroatoms. The van der Waals surface area contributed by atoms with Crippen LogP contribution in [0.3, 0.4) is 0 Å². The van der Waals surface area contributed by atoms with Crippen molar-refractivity contribution in [3.05, 3.63) is 82.9 Å². The lowest BCUT2D eigenvalue weighted by Crippen LogP contribution is -2.29. The topological polar surface area (TPSA) is 26.3 Å². The highest BCUT2D eigenvalue weighted by atomic mass is 16.5. The van der Waals surface area contributed by atoms with Gasteiger partial charge in [0.15, 0.2) is 5.78 Å². The Labute approximate surface area is 140 Å². The molecule has 1 saturated heterocycles. The van der Waals surface area contributed by atoms with Crippen molar-refractivity contribution in [2.45, 2.75) is 24.5 Å². The average Bonchev–Trinajstić information content (AvgIpc) is 3.18. The Morgan fingerprint density at radius 1 is 0.833 bits per heavy atom. The lowest BCUT2D eigenvalue weighted by atomic mass is 9.65. The first-order chi connectivity index (χ1) is 11.8. The fourth-order valence-electron chi connectivity index (χ4n) is 5.18. The van der Waals surface area contributed by atoms with Crippen molar-refractivity contribution in [1.29, 1.82) is 0 Å². The number of carbonyl (C=O) groups excluding carboxylic acids is 1. The van der Waals surface area contributed by atoms with Gasteiger partial charge in [-0.3, -0.25) is 4.79 Å². The molecular weight excluding hydrogens is 296 g/mol. The second-order valence-corrected chi connectivity index (χ2v) is 7.17. The molecule has 0 saturated carbocycles. The Bertz CT molecular complexity index is 1020. The normalized spacial score (nSPS) is 29.4. The molecule has 24 heavy (non-hydrogen) atoms. The summed E-state index contributed by atoms with van der Waals surface area (Å²) in [5.41, 5.74) is 4.73. The van der Waals surface area contributed by atoms with Crippen LogP contribution in [0.1, 0.15) is 51.6 Å². The van der Waals surface area contributed by atoms with E-state index in [1.165, 1.54) is 27.5 Å². The molecule has 2 heterocycles. The lowest BCUT2D eigenvalue weighted by Gasteiger charge is -2.35. The van der Waals surface area contributed by atoms with Crippen LogP contribution in [0.25, 0.3) is 10.8 Å². The van der Waals surface area contributed by atoms with Crippen LogP contribution in [-0.2, 0) is 4.74 Å². The number of ether oxygens (including phenoxy) is 1. The highest BCUT2D eigenvalue weighted by Gasteiger charge is 2.55. The number of benzene rings is 3. The van der Waals surface area contributed by atoms with Gasteiger partial charge >= 0.3 is 0 Å². The highest BCUT2D eigenvalue weighted by molar-refractivity contribution is 6.04. The molecule has 2 aliphatic heterocycles. The molecular formula is C22H16O2. The van der Waals surface area contributed by atoms with Crippen LogP contribution < -0.4 is 0 Å². The summed E-state index contributed by atoms with van der Waals surface area (Å²) in [4.78, 5) is 12.8. The van der Waals surface area contributed by atoms with Gasteiger partial charge in [0.2, 0.25) is 0 Å². The first-order valence-electron chi connectivity index (χ1n) is 8.62. The van der Waals surface area contributed by atoms with Crippen molar-refractivity contribution in [2.24, 2.45) is 5.92 Å². The van der Waals surface area contributed by atoms with E-state index in [4.69, 9.17) is 4.74 Å². The van der Waals surface area contributed by atoms with Gasteiger partial charge in [-0.25, -0.2) is 0 Å². The molecule has 3 aliphatic rings. The molecule has 2 bridgehead atoms. The smallest absolute Gasteiger partial charge is 0.163 e. The number of ketones is 1. The summed E-state index contributed by atoms with van der Waals surface area (Å²) in [5, 5.41) is 2.42. The predicted octanol–water partition coefficient (Wildman–Crippen LogP) is 4.95. The predicted molar refractivity (Wildman–Crippen MR) is 92.1 cm³/mol. The van der Waals surface area contributed by atoms with Crippen LogP contribution in [0, 0.1) is 5.92 Å². The van der Waals surface area contributed by atoms with Crippen molar-refractivity contribution >= 4 is 16.6 Å². The number of rotatable bonds is 0. The number of Topliss-reactive ketones (excluding diaryl/α,β-unsaturated/α-hetero) is 1. The highest BCUT2D eigenvalue weighted by Crippen LogP contribution is 2.64. The van der Waals surface area contributed by atoms with Gasteiger partial charge in [0.25, 0.3) is 0 Å². The second-order valence-electron chi connectivity index (χ2n) is 7.17. The monoisotopic (exact) mass is 312 g/mol. The molecule has 4 atom stereocenters. The summed E-state index contributed by atoms with van der Waals surface area (Å²) in [7, 11) is 0. The molecule has 3 aromatic carbocycles. The van der Waals surface area contributed by atoms with Crippen LogP contribution in [-0.4, -0.2) is 5.78 Å². The summed E-state index contributed by atoms with van der Waals surface area (Å²) in [6, 6.07) is 21.0. The van der Waals surface area contributed by atoms with E-state index in [2.05, 4.69) is 54.6 Å². The molecule has 6 rings (SSSR count). The van der Waals surface area contributed by atoms with E-state index >= 15 is 0 Å². The van der Waals surface area contributed by atoms with E-state index in [0.29, 0.717) is 12.3 Å². The SMILES string of the molecule is O=C1C[C@H]2[C@@H](c3c1ccc1ccccc31)[C@H]1O[C@@H]2c2ccccc21. The third-order valence-corrected chi connectivity index (χ3v) is 6.10. The maximum atomic E-state index is 12.8. The Hall–Kier alpha value is -2.45. The fourth-order valence-corrected chi connectivity index (χ4v) is 5.18. The first kappa shape index (κ1) is 12.9. The van der Waals surface area contributed by atoms with Gasteiger partial charge in [-0.2, -0.15) is 0 Å². The third-order valence-electron chi connectivity index (χ3n) is 6.10. The van der Waals surface area contributed by atoms with E-state index < -0.39 is 0 Å². The molecule has 1 aliphatic carbocycles. The zero-order chi connectivity index (χ0) is 15.8. The third kappa shape index (κ3) is 1.43. The maximum absolute atomic E-state index is 12.8. The standard InChI is InChI=1S/C22H16O2/c23-18-11-17-20(22-15-8-4-3-7-14(15)21(17)24-22)19-13-6-2-1-5-12(13)9-10-16(18)19/h1-10,17,20-22H,11H2/t17-,20-,21+,22-/m0/s1. The molecule has 2 nitrogen and oxygen atoms in total. The zero-order valence-corrected chi connectivity index (χ0v) is 13.1. The van der Waals surface area contributed by atoms with Gasteiger partial charge in [-0.15, -0.1) is 0 Å². The minimum absolute atomic E-state index is 0.0762. The van der Waals surface area contributed by atoms with Crippen molar-refractivity contribution in [3.8, 4) is 0 Å². The van der Waals surface area contributed by atoms with Crippen LogP contribution in [0.2, 0.25) is 0 Å². The molecule has 0 aromatic heterocycles. The molecule has 0 spiro atoms. The van der Waals surface area contributed by atoms with Crippen molar-refractivity contribution in [1.82, 2.24) is 0 Å². The maximum Gasteiger partial charge on any atom is 0.163 e. The Balaban J connectivity index is 1.66. The Morgan fingerprint density at radius 2 is 1.58 bits per heavy atom. The van der Waals surface area contributed by atoms with Crippen molar-refractivity contribution in [3.63, 3.8) is 0 Å². The van der Waals surface area contributed by atoms with E-state index in [1.54, 1.807) is 0 Å². The fraction of sp³-hybridized carbons (Fsp3) is 0.227. The number of hydrogen-bond donors (Lipinski definition) is 0. The van der Waals surface area contributed by atoms with Crippen LogP contribution in [0.5, 0.6) is 0 Å². The minimum atomic E-state index is 0.0762. The largest absolute Gasteiger partial charge is 0.365 e. The van der Waals surface area contributed by atoms with Gasteiger partial charge in [-0.1, -0.05) is 60.7 Å². The van der Waals surface area contributed by atoms with E-state index in [0.717, 1.165) is 5.56 Å². The van der Waals surface area contributed by atoms with Crippen LogP contribution in [0.15, 0.2) is 60.7 Å². The minimum Gasteiger partial charge on any atom is -0.365 e. The molecule has 0 N–H and O–H groups in total. The van der Waals surface area contributed by atoms with Gasteiger partial charge in [-0.05, 0) is 27.5 Å². The quantitative estimate of drug-likeness (QED) is 0.587. The second kappa shape index (κ2) is 4.34. The van der Waals surface area contributed by atoms with E-state index in [9.17, 15) is 4.79 Å². The number of fused-ring (bicyclic) bond motifs is 12. The van der Waals surface area contributed by atoms with Gasteiger partial charge in [0, 0.05) is 23.8 Å². The molecule has 0 unspecified atom stereocenters. The summed E-state index contributed by atoms with van der Waals surface area (Å²) in [6.45, 7) is 0. The first-order valence-corrected chi connectivity index (χ1v) is 8.62. The Morgan fingerprint density at radius 3 is 2.46 bits per heavy atom. The molecule has 0 radical (unpaired) electrons. The van der Waals surface area contributed by atoms with Gasteiger partial charge in [0.1, 0.15) is 0 Å². The summed E-state index contributed by atoms with van der Waals surface area (Å²) in [5.74, 6) is 0.838. The number of hydrogen-bond acceptors (Lipinski definition) is 2. The van der Waals surface area contributed by atoms with Crippen LogP contribution in [0.4, 0.5) is 0 Å². The van der Waals surface area contributed by atoms with E-state index in [1.807, 2.05) is 6.07 Å². The van der Waals surface area contributed by atoms with E-state index in [-0.39, 0.29) is 23.9 Å². The lowest BCUT2D eigenvalue weighted by molar-refractivity contribution is 0.0564. The average molecular weight is 312 g/mol. The van der Waals surface area contributed by atoms with Crippen molar-refractivity contribution in [2.75, 3.05) is 0 Å². The zero-order valence-electron chi connectivity index (χ0n) is 13.1. The molecule has 0 amide bonds. The van der Waals surface area contributed by atoms with Crippen molar-refractivity contribution < 1.29 is 9.53 Å². The summed E-state index contributed by atoms with van der Waals surface area (Å²) < 4.78 is 6.39. The van der Waals surface area contributed by atoms with Gasteiger partial charge in [0.05, 0.1) is 12.2 Å². The van der Waals surface area contributed by atoms with Gasteiger partial charge < -0.3 is 4.74 Å². The number of carbonyl (C=O) groups is 1.